The van der Waals surface area contributed by atoms with Gasteiger partial charge in [-0.05, 0) is 6.92 Å². The lowest BCUT2D eigenvalue weighted by molar-refractivity contribution is 1.07. The van der Waals surface area contributed by atoms with Crippen molar-refractivity contribution in [1.82, 2.24) is 15.2 Å². The Labute approximate surface area is 52.7 Å². The van der Waals surface area contributed by atoms with Crippen LogP contribution in [0.15, 0.2) is 0 Å². The zero-order chi connectivity index (χ0) is 6.69. The van der Waals surface area contributed by atoms with Crippen molar-refractivity contribution in [1.29, 1.82) is 0 Å². The average molecular weight is 127 g/mol. The van der Waals surface area contributed by atoms with Gasteiger partial charge in [-0.15, -0.1) is 5.10 Å². The van der Waals surface area contributed by atoms with Gasteiger partial charge in [0.15, 0.2) is 0 Å². The van der Waals surface area contributed by atoms with Crippen LogP contribution < -0.4 is 11.1 Å². The largest absolute Gasteiger partial charge is 0.366 e. The van der Waals surface area contributed by atoms with E-state index in [1.165, 1.54) is 0 Å². The molecule has 1 heterocycles. The Morgan fingerprint density at radius 1 is 1.78 bits per heavy atom. The number of H-pyrrole nitrogens is 1. The molecule has 9 heavy (non-hydrogen) atoms. The monoisotopic (exact) mass is 127 g/mol. The Hall–Kier alpha value is -1.26. The highest BCUT2D eigenvalue weighted by Gasteiger charge is 1.93. The van der Waals surface area contributed by atoms with Crippen LogP contribution in [0.3, 0.4) is 0 Å². The molecule has 0 atom stereocenters. The van der Waals surface area contributed by atoms with Crippen LogP contribution in [0.25, 0.3) is 0 Å². The molecule has 5 heteroatoms. The van der Waals surface area contributed by atoms with Gasteiger partial charge in [-0.1, -0.05) is 0 Å². The van der Waals surface area contributed by atoms with Crippen LogP contribution >= 0.6 is 0 Å². The molecule has 0 fully saturated rings. The van der Waals surface area contributed by atoms with E-state index >= 15 is 0 Å². The predicted octanol–water partition coefficient (Wildman–Crippen LogP) is -0.181. The van der Waals surface area contributed by atoms with Crippen molar-refractivity contribution in [2.45, 2.75) is 6.92 Å². The molecular weight excluding hydrogens is 118 g/mol. The van der Waals surface area contributed by atoms with Gasteiger partial charge in [0, 0.05) is 6.54 Å². The van der Waals surface area contributed by atoms with Gasteiger partial charge < -0.3 is 11.1 Å². The summed E-state index contributed by atoms with van der Waals surface area (Å²) in [6.45, 7) is 2.79. The summed E-state index contributed by atoms with van der Waals surface area (Å²) in [7, 11) is 0. The van der Waals surface area contributed by atoms with E-state index in [-0.39, 0.29) is 5.95 Å². The Balaban J connectivity index is 2.61. The third kappa shape index (κ3) is 1.31. The van der Waals surface area contributed by atoms with Crippen LogP contribution in [-0.4, -0.2) is 21.7 Å². The van der Waals surface area contributed by atoms with Gasteiger partial charge in [0.05, 0.1) is 0 Å². The maximum Gasteiger partial charge on any atom is 0.241 e. The molecule has 0 saturated heterocycles. The van der Waals surface area contributed by atoms with Gasteiger partial charge in [-0.3, -0.25) is 0 Å². The normalized spacial score (nSPS) is 9.44. The fraction of sp³-hybridized carbons (Fsp3) is 0.500. The summed E-state index contributed by atoms with van der Waals surface area (Å²) in [5.41, 5.74) is 5.22. The number of aromatic nitrogens is 3. The Morgan fingerprint density at radius 3 is 3.00 bits per heavy atom. The third-order valence-corrected chi connectivity index (χ3v) is 0.847. The highest BCUT2D eigenvalue weighted by atomic mass is 15.3. The highest BCUT2D eigenvalue weighted by molar-refractivity contribution is 5.29. The quantitative estimate of drug-likeness (QED) is 0.514. The van der Waals surface area contributed by atoms with Crippen LogP contribution in [0.1, 0.15) is 6.92 Å². The first kappa shape index (κ1) is 5.87. The second-order valence-electron chi connectivity index (χ2n) is 1.57. The highest BCUT2D eigenvalue weighted by Crippen LogP contribution is 1.96. The molecule has 0 radical (unpaired) electrons. The first-order chi connectivity index (χ1) is 4.33. The molecule has 0 saturated carbocycles. The lowest BCUT2D eigenvalue weighted by atomic mass is 10.7. The summed E-state index contributed by atoms with van der Waals surface area (Å²) in [5.74, 6) is 0.890. The molecular formula is C4H9N5. The molecule has 0 aliphatic carbocycles. The molecule has 0 aliphatic heterocycles. The van der Waals surface area contributed by atoms with Crippen molar-refractivity contribution in [3.63, 3.8) is 0 Å². The van der Waals surface area contributed by atoms with Crippen LogP contribution in [0.4, 0.5) is 11.9 Å². The van der Waals surface area contributed by atoms with Crippen molar-refractivity contribution in [2.24, 2.45) is 0 Å². The van der Waals surface area contributed by atoms with Gasteiger partial charge in [-0.25, -0.2) is 5.10 Å². The van der Waals surface area contributed by atoms with Crippen molar-refractivity contribution in [3.8, 4) is 0 Å². The number of nitrogen functional groups attached to an aromatic ring is 1. The lowest BCUT2D eigenvalue weighted by Gasteiger charge is -1.91. The smallest absolute Gasteiger partial charge is 0.241 e. The van der Waals surface area contributed by atoms with Gasteiger partial charge in [0.1, 0.15) is 0 Å². The van der Waals surface area contributed by atoms with E-state index in [1.54, 1.807) is 0 Å². The molecule has 50 valence electrons. The van der Waals surface area contributed by atoms with Gasteiger partial charge >= 0.3 is 0 Å². The lowest BCUT2D eigenvalue weighted by Crippen LogP contribution is -1.97. The minimum absolute atomic E-state index is 0.269. The fourth-order valence-corrected chi connectivity index (χ4v) is 0.521. The molecule has 1 aromatic rings. The van der Waals surface area contributed by atoms with Crippen LogP contribution in [0, 0.1) is 0 Å². The Kier molecular flexibility index (Phi) is 1.53. The molecule has 0 amide bonds. The molecule has 0 unspecified atom stereocenters. The topological polar surface area (TPSA) is 79.6 Å². The number of rotatable bonds is 2. The molecule has 1 rings (SSSR count). The van der Waals surface area contributed by atoms with Gasteiger partial charge in [0.2, 0.25) is 11.9 Å². The fourth-order valence-electron chi connectivity index (χ4n) is 0.521. The summed E-state index contributed by atoms with van der Waals surface area (Å²) >= 11 is 0. The summed E-state index contributed by atoms with van der Waals surface area (Å²) < 4.78 is 0. The number of nitrogens with zero attached hydrogens (tertiary/aromatic N) is 2. The van der Waals surface area contributed by atoms with E-state index in [4.69, 9.17) is 5.73 Å². The first-order valence-corrected chi connectivity index (χ1v) is 2.74. The van der Waals surface area contributed by atoms with E-state index in [0.29, 0.717) is 5.95 Å². The molecule has 0 bridgehead atoms. The zero-order valence-corrected chi connectivity index (χ0v) is 5.18. The van der Waals surface area contributed by atoms with E-state index in [0.717, 1.165) is 6.54 Å². The Bertz CT molecular complexity index is 181. The number of nitrogens with one attached hydrogen (secondary N) is 2. The van der Waals surface area contributed by atoms with Gasteiger partial charge in [0.25, 0.3) is 0 Å². The molecule has 4 N–H and O–H groups in total. The van der Waals surface area contributed by atoms with E-state index in [9.17, 15) is 0 Å². The minimum atomic E-state index is 0.269. The predicted molar refractivity (Wildman–Crippen MR) is 35.0 cm³/mol. The molecule has 0 aromatic carbocycles. The van der Waals surface area contributed by atoms with E-state index < -0.39 is 0 Å². The summed E-state index contributed by atoms with van der Waals surface area (Å²) in [5, 5.41) is 9.14. The summed E-state index contributed by atoms with van der Waals surface area (Å²) in [6, 6.07) is 0. The minimum Gasteiger partial charge on any atom is -0.366 e. The van der Waals surface area contributed by atoms with E-state index in [2.05, 4.69) is 20.5 Å². The van der Waals surface area contributed by atoms with Gasteiger partial charge in [-0.2, -0.15) is 4.98 Å². The zero-order valence-electron chi connectivity index (χ0n) is 5.18. The standard InChI is InChI=1S/C4H9N5/c1-2-6-4-7-3(5)8-9-4/h2H2,1H3,(H4,5,6,7,8,9). The Morgan fingerprint density at radius 2 is 2.56 bits per heavy atom. The maximum atomic E-state index is 5.22. The summed E-state index contributed by atoms with van der Waals surface area (Å²) in [6.07, 6.45) is 0. The average Bonchev–Trinajstić information content (AvgIpc) is 2.17. The number of hydrogen-bond donors (Lipinski definition) is 3. The SMILES string of the molecule is CCNc1nc(N)n[nH]1. The molecule has 0 aliphatic rings. The maximum absolute atomic E-state index is 5.22. The van der Waals surface area contributed by atoms with Crippen molar-refractivity contribution in [3.05, 3.63) is 0 Å². The van der Waals surface area contributed by atoms with Crippen LogP contribution in [0.2, 0.25) is 0 Å². The second-order valence-corrected chi connectivity index (χ2v) is 1.57. The van der Waals surface area contributed by atoms with Crippen molar-refractivity contribution in [2.75, 3.05) is 17.6 Å². The number of nitrogens with two attached hydrogens (primary N) is 1. The van der Waals surface area contributed by atoms with Crippen molar-refractivity contribution < 1.29 is 0 Å². The van der Waals surface area contributed by atoms with Crippen LogP contribution in [-0.2, 0) is 0 Å². The number of hydrogen-bond acceptors (Lipinski definition) is 4. The van der Waals surface area contributed by atoms with Crippen molar-refractivity contribution >= 4 is 11.9 Å². The summed E-state index contributed by atoms with van der Waals surface area (Å²) in [4.78, 5) is 3.80. The number of aromatic amines is 1. The first-order valence-electron chi connectivity index (χ1n) is 2.74. The second kappa shape index (κ2) is 2.34. The molecule has 5 nitrogen and oxygen atoms in total. The number of anilines is 2. The molecule has 1 aromatic heterocycles. The van der Waals surface area contributed by atoms with E-state index in [1.807, 2.05) is 6.92 Å². The molecule has 0 spiro atoms. The third-order valence-electron chi connectivity index (χ3n) is 0.847. The van der Waals surface area contributed by atoms with Crippen LogP contribution in [0.5, 0.6) is 0 Å².